The van der Waals surface area contributed by atoms with Gasteiger partial charge in [0.15, 0.2) is 0 Å². The van der Waals surface area contributed by atoms with Crippen LogP contribution in [-0.4, -0.2) is 16.8 Å². The van der Waals surface area contributed by atoms with Crippen molar-refractivity contribution in [2.45, 2.75) is 13.0 Å². The molecule has 0 unspecified atom stereocenters. The molecule has 3 aromatic rings. The molecule has 2 N–H and O–H groups in total. The summed E-state index contributed by atoms with van der Waals surface area (Å²) in [6.07, 6.45) is 1.71. The third-order valence-corrected chi connectivity index (χ3v) is 4.08. The number of rotatable bonds is 6. The van der Waals surface area contributed by atoms with Crippen LogP contribution in [0.3, 0.4) is 0 Å². The zero-order chi connectivity index (χ0) is 19.1. The van der Waals surface area contributed by atoms with E-state index in [0.717, 1.165) is 5.56 Å². The summed E-state index contributed by atoms with van der Waals surface area (Å²) in [5.74, 6) is -0.380. The Hall–Kier alpha value is -3.18. The number of carbonyl (C=O) groups is 2. The summed E-state index contributed by atoms with van der Waals surface area (Å²) in [6.45, 7) is 0.480. The highest BCUT2D eigenvalue weighted by molar-refractivity contribution is 6.31. The summed E-state index contributed by atoms with van der Waals surface area (Å²) in [5.41, 5.74) is 2.68. The molecule has 2 amide bonds. The van der Waals surface area contributed by atoms with Crippen molar-refractivity contribution < 1.29 is 9.59 Å². The first-order valence-corrected chi connectivity index (χ1v) is 8.80. The average molecular weight is 380 g/mol. The second kappa shape index (κ2) is 8.96. The van der Waals surface area contributed by atoms with Gasteiger partial charge in [0.1, 0.15) is 0 Å². The Balaban J connectivity index is 1.52. The van der Waals surface area contributed by atoms with Gasteiger partial charge in [-0.15, -0.1) is 0 Å². The second-order valence-electron chi connectivity index (χ2n) is 5.94. The highest BCUT2D eigenvalue weighted by Crippen LogP contribution is 2.13. The lowest BCUT2D eigenvalue weighted by Crippen LogP contribution is -2.24. The number of aromatic nitrogens is 1. The van der Waals surface area contributed by atoms with Gasteiger partial charge in [-0.25, -0.2) is 0 Å². The molecule has 0 spiro atoms. The van der Waals surface area contributed by atoms with Crippen molar-refractivity contribution in [3.63, 3.8) is 0 Å². The van der Waals surface area contributed by atoms with Gasteiger partial charge in [0.2, 0.25) is 5.91 Å². The van der Waals surface area contributed by atoms with E-state index < -0.39 is 0 Å². The largest absolute Gasteiger partial charge is 0.352 e. The molecular weight excluding hydrogens is 362 g/mol. The van der Waals surface area contributed by atoms with E-state index in [9.17, 15) is 9.59 Å². The Morgan fingerprint density at radius 3 is 2.48 bits per heavy atom. The first-order valence-electron chi connectivity index (χ1n) is 8.42. The lowest BCUT2D eigenvalue weighted by Gasteiger charge is -2.07. The molecule has 1 heterocycles. The summed E-state index contributed by atoms with van der Waals surface area (Å²) >= 11 is 5.90. The first kappa shape index (κ1) is 18.6. The number of hydrogen-bond donors (Lipinski definition) is 2. The van der Waals surface area contributed by atoms with Crippen LogP contribution in [0.25, 0.3) is 0 Å². The predicted molar refractivity (Wildman–Crippen MR) is 106 cm³/mol. The number of carbonyl (C=O) groups excluding carboxylic acids is 2. The molecule has 0 radical (unpaired) electrons. The van der Waals surface area contributed by atoms with Crippen molar-refractivity contribution >= 4 is 29.1 Å². The molecule has 0 aliphatic rings. The highest BCUT2D eigenvalue weighted by atomic mass is 35.5. The van der Waals surface area contributed by atoms with Crippen LogP contribution in [0.4, 0.5) is 5.69 Å². The van der Waals surface area contributed by atoms with Crippen LogP contribution in [0.1, 0.15) is 21.6 Å². The Morgan fingerprint density at radius 2 is 1.78 bits per heavy atom. The van der Waals surface area contributed by atoms with E-state index in [1.807, 2.05) is 30.3 Å². The molecule has 0 aliphatic heterocycles. The summed E-state index contributed by atoms with van der Waals surface area (Å²) in [5, 5.41) is 6.11. The van der Waals surface area contributed by atoms with Gasteiger partial charge in [-0.3, -0.25) is 14.6 Å². The molecule has 0 fully saturated rings. The minimum absolute atomic E-state index is 0.109. The molecule has 0 aliphatic carbocycles. The molecule has 2 aromatic carbocycles. The van der Waals surface area contributed by atoms with Gasteiger partial charge in [-0.05, 0) is 35.9 Å². The van der Waals surface area contributed by atoms with Crippen molar-refractivity contribution in [3.8, 4) is 0 Å². The third-order valence-electron chi connectivity index (χ3n) is 3.84. The van der Waals surface area contributed by atoms with Gasteiger partial charge in [-0.2, -0.15) is 0 Å². The molecule has 1 aromatic heterocycles. The molecule has 0 saturated carbocycles. The zero-order valence-corrected chi connectivity index (χ0v) is 15.2. The zero-order valence-electron chi connectivity index (χ0n) is 14.5. The normalized spacial score (nSPS) is 10.3. The molecule has 5 nitrogen and oxygen atoms in total. The molecule has 0 bridgehead atoms. The fourth-order valence-electron chi connectivity index (χ4n) is 2.46. The summed E-state index contributed by atoms with van der Waals surface area (Å²) < 4.78 is 0. The van der Waals surface area contributed by atoms with E-state index in [1.165, 1.54) is 6.20 Å². The Kier molecular flexibility index (Phi) is 6.18. The van der Waals surface area contributed by atoms with Crippen LogP contribution in [-0.2, 0) is 17.8 Å². The van der Waals surface area contributed by atoms with E-state index in [1.54, 1.807) is 36.4 Å². The molecule has 27 heavy (non-hydrogen) atoms. The molecule has 0 atom stereocenters. The van der Waals surface area contributed by atoms with E-state index in [2.05, 4.69) is 15.6 Å². The van der Waals surface area contributed by atoms with Crippen molar-refractivity contribution in [2.75, 3.05) is 5.32 Å². The first-order chi connectivity index (χ1) is 13.1. The second-order valence-corrected chi connectivity index (χ2v) is 6.38. The van der Waals surface area contributed by atoms with Crippen molar-refractivity contribution in [2.24, 2.45) is 0 Å². The van der Waals surface area contributed by atoms with E-state index in [4.69, 9.17) is 11.6 Å². The van der Waals surface area contributed by atoms with Crippen LogP contribution in [0.2, 0.25) is 5.02 Å². The maximum Gasteiger partial charge on any atom is 0.255 e. The summed E-state index contributed by atoms with van der Waals surface area (Å²) in [4.78, 5) is 28.5. The van der Waals surface area contributed by atoms with Crippen LogP contribution < -0.4 is 10.6 Å². The molecule has 136 valence electrons. The number of anilines is 1. The lowest BCUT2D eigenvalue weighted by atomic mass is 10.2. The highest BCUT2D eigenvalue weighted by Gasteiger charge is 2.08. The monoisotopic (exact) mass is 379 g/mol. The molecular formula is C21H18ClN3O2. The van der Waals surface area contributed by atoms with Gasteiger partial charge < -0.3 is 10.6 Å². The standard InChI is InChI=1S/C21H18ClN3O2/c22-17-8-4-7-16(11-17)21(27)25-19-10-9-18(23-14-19)12-20(26)24-13-15-5-2-1-3-6-15/h1-11,14H,12-13H2,(H,24,26)(H,25,27). The smallest absolute Gasteiger partial charge is 0.255 e. The van der Waals surface area contributed by atoms with Crippen LogP contribution >= 0.6 is 11.6 Å². The van der Waals surface area contributed by atoms with Gasteiger partial charge in [0.05, 0.1) is 18.3 Å². The lowest BCUT2D eigenvalue weighted by molar-refractivity contribution is -0.120. The van der Waals surface area contributed by atoms with Gasteiger partial charge in [0, 0.05) is 22.8 Å². The topological polar surface area (TPSA) is 71.1 Å². The van der Waals surface area contributed by atoms with Crippen LogP contribution in [0.15, 0.2) is 72.9 Å². The van der Waals surface area contributed by atoms with Crippen LogP contribution in [0.5, 0.6) is 0 Å². The number of nitrogens with zero attached hydrogens (tertiary/aromatic N) is 1. The predicted octanol–water partition coefficient (Wildman–Crippen LogP) is 3.85. The van der Waals surface area contributed by atoms with E-state index >= 15 is 0 Å². The Morgan fingerprint density at radius 1 is 0.963 bits per heavy atom. The molecule has 3 rings (SSSR count). The fourth-order valence-corrected chi connectivity index (χ4v) is 2.65. The van der Waals surface area contributed by atoms with Crippen molar-refractivity contribution in [1.82, 2.24) is 10.3 Å². The third kappa shape index (κ3) is 5.66. The van der Waals surface area contributed by atoms with E-state index in [0.29, 0.717) is 28.5 Å². The maximum absolute atomic E-state index is 12.2. The molecule has 6 heteroatoms. The fraction of sp³-hybridized carbons (Fsp3) is 0.0952. The minimum atomic E-state index is -0.271. The van der Waals surface area contributed by atoms with Gasteiger partial charge in [0.25, 0.3) is 5.91 Å². The summed E-state index contributed by atoms with van der Waals surface area (Å²) in [6, 6.07) is 19.8. The van der Waals surface area contributed by atoms with Crippen LogP contribution in [0, 0.1) is 0 Å². The minimum Gasteiger partial charge on any atom is -0.352 e. The van der Waals surface area contributed by atoms with Gasteiger partial charge in [-0.1, -0.05) is 48.0 Å². The Labute approximate surface area is 162 Å². The average Bonchev–Trinajstić information content (AvgIpc) is 2.69. The number of hydrogen-bond acceptors (Lipinski definition) is 3. The number of benzene rings is 2. The van der Waals surface area contributed by atoms with Gasteiger partial charge >= 0.3 is 0 Å². The SMILES string of the molecule is O=C(Cc1ccc(NC(=O)c2cccc(Cl)c2)cn1)NCc1ccccc1. The number of amides is 2. The molecule has 0 saturated heterocycles. The van der Waals surface area contributed by atoms with Crippen molar-refractivity contribution in [3.05, 3.63) is 94.8 Å². The van der Waals surface area contributed by atoms with E-state index in [-0.39, 0.29) is 18.2 Å². The number of pyridine rings is 1. The number of halogens is 1. The Bertz CT molecular complexity index is 928. The quantitative estimate of drug-likeness (QED) is 0.683. The number of nitrogens with one attached hydrogen (secondary N) is 2. The maximum atomic E-state index is 12.2. The van der Waals surface area contributed by atoms with Crippen molar-refractivity contribution in [1.29, 1.82) is 0 Å². The summed E-state index contributed by atoms with van der Waals surface area (Å²) in [7, 11) is 0.